The smallest absolute Gasteiger partial charge is 0.234 e. The number of hydrogen-bond acceptors (Lipinski definition) is 5. The Bertz CT molecular complexity index is 1180. The molecule has 0 saturated heterocycles. The molecule has 0 bridgehead atoms. The molecule has 0 radical (unpaired) electrons. The molecule has 0 aliphatic heterocycles. The van der Waals surface area contributed by atoms with E-state index >= 15 is 0 Å². The van der Waals surface area contributed by atoms with Crippen LogP contribution in [-0.2, 0) is 11.3 Å². The summed E-state index contributed by atoms with van der Waals surface area (Å²) in [4.78, 5) is 12.5. The Kier molecular flexibility index (Phi) is 6.18. The lowest BCUT2D eigenvalue weighted by atomic mass is 10.1. The number of carbonyl (C=O) groups is 1. The van der Waals surface area contributed by atoms with Gasteiger partial charge in [0.05, 0.1) is 24.1 Å². The van der Waals surface area contributed by atoms with Crippen LogP contribution < -0.4 is 5.32 Å². The molecule has 31 heavy (non-hydrogen) atoms. The molecule has 0 atom stereocenters. The van der Waals surface area contributed by atoms with Gasteiger partial charge in [-0.05, 0) is 61.4 Å². The van der Waals surface area contributed by atoms with Crippen molar-refractivity contribution in [1.82, 2.24) is 14.8 Å². The molecule has 4 aromatic rings. The molecule has 0 saturated carbocycles. The van der Waals surface area contributed by atoms with Crippen molar-refractivity contribution in [3.63, 3.8) is 0 Å². The minimum Gasteiger partial charge on any atom is -0.467 e. The first-order chi connectivity index (χ1) is 15.0. The van der Waals surface area contributed by atoms with Crippen molar-refractivity contribution in [2.75, 3.05) is 11.1 Å². The van der Waals surface area contributed by atoms with Gasteiger partial charge in [-0.3, -0.25) is 9.36 Å². The highest BCUT2D eigenvalue weighted by atomic mass is 32.2. The zero-order chi connectivity index (χ0) is 21.8. The van der Waals surface area contributed by atoms with Crippen LogP contribution in [0.2, 0.25) is 0 Å². The molecule has 0 aliphatic carbocycles. The molecule has 1 N–H and O–H groups in total. The second-order valence-corrected chi connectivity index (χ2v) is 8.11. The minimum absolute atomic E-state index is 0.139. The zero-order valence-electron chi connectivity index (χ0n) is 17.1. The average Bonchev–Trinajstić information content (AvgIpc) is 3.37. The molecule has 6 nitrogen and oxygen atoms in total. The number of aromatic nitrogens is 3. The summed E-state index contributed by atoms with van der Waals surface area (Å²) in [5.74, 6) is 0.654. The Morgan fingerprint density at radius 2 is 1.87 bits per heavy atom. The van der Waals surface area contributed by atoms with E-state index in [9.17, 15) is 9.18 Å². The third-order valence-electron chi connectivity index (χ3n) is 4.56. The van der Waals surface area contributed by atoms with Gasteiger partial charge in [0.1, 0.15) is 11.6 Å². The fourth-order valence-corrected chi connectivity index (χ4v) is 4.05. The molecule has 0 aliphatic rings. The number of anilines is 1. The van der Waals surface area contributed by atoms with Crippen molar-refractivity contribution in [3.05, 3.63) is 83.6 Å². The van der Waals surface area contributed by atoms with Crippen molar-refractivity contribution in [2.45, 2.75) is 25.5 Å². The van der Waals surface area contributed by atoms with E-state index in [1.54, 1.807) is 35.1 Å². The molecule has 0 spiro atoms. The predicted octanol–water partition coefficient (Wildman–Crippen LogP) is 5.07. The van der Waals surface area contributed by atoms with Crippen LogP contribution in [0.4, 0.5) is 10.1 Å². The topological polar surface area (TPSA) is 73.0 Å². The van der Waals surface area contributed by atoms with E-state index in [0.29, 0.717) is 28.8 Å². The fraction of sp³-hybridized carbons (Fsp3) is 0.174. The number of benzene rings is 2. The molecule has 1 amide bonds. The number of thioether (sulfide) groups is 1. The maximum Gasteiger partial charge on any atom is 0.234 e. The Morgan fingerprint density at radius 3 is 2.58 bits per heavy atom. The molecule has 4 rings (SSSR count). The van der Waals surface area contributed by atoms with Gasteiger partial charge in [0.15, 0.2) is 11.0 Å². The van der Waals surface area contributed by atoms with Gasteiger partial charge in [0.2, 0.25) is 5.91 Å². The third kappa shape index (κ3) is 5.03. The van der Waals surface area contributed by atoms with Crippen LogP contribution in [0.1, 0.15) is 16.9 Å². The number of furan rings is 1. The first-order valence-electron chi connectivity index (χ1n) is 9.71. The standard InChI is InChI=1S/C23H21FN4O2S/c1-15-10-16(2)12-17(11-15)25-21(29)14-31-23-27-26-22(19-7-3-4-8-20(19)24)28(23)13-18-6-5-9-30-18/h3-12H,13-14H2,1-2H3,(H,25,29). The van der Waals surface area contributed by atoms with Gasteiger partial charge in [-0.15, -0.1) is 10.2 Å². The largest absolute Gasteiger partial charge is 0.467 e. The summed E-state index contributed by atoms with van der Waals surface area (Å²) < 4.78 is 21.6. The molecule has 2 aromatic carbocycles. The van der Waals surface area contributed by atoms with E-state index in [0.717, 1.165) is 16.8 Å². The molecular formula is C23H21FN4O2S. The summed E-state index contributed by atoms with van der Waals surface area (Å²) in [6.07, 6.45) is 1.58. The number of nitrogens with zero attached hydrogens (tertiary/aromatic N) is 3. The molecule has 0 fully saturated rings. The quantitative estimate of drug-likeness (QED) is 0.409. The van der Waals surface area contributed by atoms with Crippen molar-refractivity contribution >= 4 is 23.4 Å². The van der Waals surface area contributed by atoms with E-state index in [4.69, 9.17) is 4.42 Å². The normalized spacial score (nSPS) is 10.9. The number of hydrogen-bond donors (Lipinski definition) is 1. The van der Waals surface area contributed by atoms with Crippen molar-refractivity contribution in [2.24, 2.45) is 0 Å². The van der Waals surface area contributed by atoms with Crippen LogP contribution >= 0.6 is 11.8 Å². The lowest BCUT2D eigenvalue weighted by molar-refractivity contribution is -0.113. The molecule has 158 valence electrons. The zero-order valence-corrected chi connectivity index (χ0v) is 17.9. The lowest BCUT2D eigenvalue weighted by Gasteiger charge is -2.10. The molecule has 0 unspecified atom stereocenters. The SMILES string of the molecule is Cc1cc(C)cc(NC(=O)CSc2nnc(-c3ccccc3F)n2Cc2ccco2)c1. The summed E-state index contributed by atoms with van der Waals surface area (Å²) in [7, 11) is 0. The molecular weight excluding hydrogens is 415 g/mol. The Balaban J connectivity index is 1.55. The minimum atomic E-state index is -0.389. The maximum absolute atomic E-state index is 14.4. The highest BCUT2D eigenvalue weighted by molar-refractivity contribution is 7.99. The van der Waals surface area contributed by atoms with Crippen molar-refractivity contribution in [1.29, 1.82) is 0 Å². The number of rotatable bonds is 7. The highest BCUT2D eigenvalue weighted by Gasteiger charge is 2.19. The fourth-order valence-electron chi connectivity index (χ4n) is 3.31. The highest BCUT2D eigenvalue weighted by Crippen LogP contribution is 2.27. The Hall–Kier alpha value is -3.39. The monoisotopic (exact) mass is 436 g/mol. The third-order valence-corrected chi connectivity index (χ3v) is 5.53. The summed E-state index contributed by atoms with van der Waals surface area (Å²) in [5, 5.41) is 11.8. The van der Waals surface area contributed by atoms with Crippen LogP contribution in [0.15, 0.2) is 70.4 Å². The number of carbonyl (C=O) groups excluding carboxylic acids is 1. The van der Waals surface area contributed by atoms with Crippen LogP contribution in [0.25, 0.3) is 11.4 Å². The lowest BCUT2D eigenvalue weighted by Crippen LogP contribution is -2.15. The van der Waals surface area contributed by atoms with Crippen molar-refractivity contribution < 1.29 is 13.6 Å². The Morgan fingerprint density at radius 1 is 1.10 bits per heavy atom. The van der Waals surface area contributed by atoms with E-state index < -0.39 is 0 Å². The van der Waals surface area contributed by atoms with Crippen molar-refractivity contribution in [3.8, 4) is 11.4 Å². The summed E-state index contributed by atoms with van der Waals surface area (Å²) >= 11 is 1.24. The second-order valence-electron chi connectivity index (χ2n) is 7.16. The van der Waals surface area contributed by atoms with Gasteiger partial charge >= 0.3 is 0 Å². The van der Waals surface area contributed by atoms with E-state index in [-0.39, 0.29) is 17.5 Å². The van der Waals surface area contributed by atoms with E-state index in [1.807, 2.05) is 38.1 Å². The first kappa shape index (κ1) is 20.9. The van der Waals surface area contributed by atoms with Crippen LogP contribution in [0.3, 0.4) is 0 Å². The van der Waals surface area contributed by atoms with Gasteiger partial charge in [-0.25, -0.2) is 4.39 Å². The summed E-state index contributed by atoms with van der Waals surface area (Å²) in [6, 6.07) is 15.9. The summed E-state index contributed by atoms with van der Waals surface area (Å²) in [6.45, 7) is 4.29. The number of nitrogens with one attached hydrogen (secondary N) is 1. The second kappa shape index (κ2) is 9.18. The summed E-state index contributed by atoms with van der Waals surface area (Å²) in [5.41, 5.74) is 3.26. The number of amides is 1. The predicted molar refractivity (Wildman–Crippen MR) is 118 cm³/mol. The first-order valence-corrected chi connectivity index (χ1v) is 10.7. The average molecular weight is 437 g/mol. The number of halogens is 1. The molecule has 2 heterocycles. The van der Waals surface area contributed by atoms with Gasteiger partial charge < -0.3 is 9.73 Å². The maximum atomic E-state index is 14.4. The number of aryl methyl sites for hydroxylation is 2. The van der Waals surface area contributed by atoms with Crippen LogP contribution in [0, 0.1) is 19.7 Å². The Labute approximate surface area is 183 Å². The van der Waals surface area contributed by atoms with Gasteiger partial charge in [0.25, 0.3) is 0 Å². The van der Waals surface area contributed by atoms with Gasteiger partial charge in [-0.1, -0.05) is 30.0 Å². The van der Waals surface area contributed by atoms with Gasteiger partial charge in [-0.2, -0.15) is 0 Å². The van der Waals surface area contributed by atoms with Crippen LogP contribution in [0.5, 0.6) is 0 Å². The van der Waals surface area contributed by atoms with E-state index in [1.165, 1.54) is 17.8 Å². The van der Waals surface area contributed by atoms with Crippen LogP contribution in [-0.4, -0.2) is 26.4 Å². The van der Waals surface area contributed by atoms with Gasteiger partial charge in [0, 0.05) is 5.69 Å². The molecule has 8 heteroatoms. The molecule has 2 aromatic heterocycles. The van der Waals surface area contributed by atoms with E-state index in [2.05, 4.69) is 15.5 Å².